The minimum absolute atomic E-state index is 0.0728. The second-order valence-electron chi connectivity index (χ2n) is 6.56. The first-order chi connectivity index (χ1) is 13.9. The van der Waals surface area contributed by atoms with Gasteiger partial charge in [0.25, 0.3) is 5.91 Å². The van der Waals surface area contributed by atoms with Crippen LogP contribution in [0.25, 0.3) is 0 Å². The standard InChI is InChI=1S/C21H23N3O4S/c1-4-24(12-19(25)22-15-6-8-16(28-3)9-7-15)21(27)14-5-10-18-17(11-14)23-20(26)13(2)29-18/h5-11,13H,4,12H2,1-3H3,(H,22,25)(H,23,26)/t13-/m0/s1. The maximum atomic E-state index is 12.9. The lowest BCUT2D eigenvalue weighted by Gasteiger charge is -2.24. The minimum atomic E-state index is -0.291. The highest BCUT2D eigenvalue weighted by atomic mass is 32.2. The number of fused-ring (bicyclic) bond motifs is 1. The van der Waals surface area contributed by atoms with E-state index in [1.165, 1.54) is 16.7 Å². The molecular formula is C21H23N3O4S. The molecule has 0 saturated carbocycles. The van der Waals surface area contributed by atoms with Crippen molar-refractivity contribution >= 4 is 40.9 Å². The van der Waals surface area contributed by atoms with Crippen LogP contribution in [0.3, 0.4) is 0 Å². The molecule has 8 heteroatoms. The van der Waals surface area contributed by atoms with Crippen molar-refractivity contribution in [2.75, 3.05) is 30.8 Å². The van der Waals surface area contributed by atoms with Crippen molar-refractivity contribution in [2.24, 2.45) is 0 Å². The Bertz CT molecular complexity index is 930. The van der Waals surface area contributed by atoms with Gasteiger partial charge in [0.15, 0.2) is 0 Å². The normalized spacial score (nSPS) is 15.1. The summed E-state index contributed by atoms with van der Waals surface area (Å²) < 4.78 is 5.10. The van der Waals surface area contributed by atoms with Crippen LogP contribution in [0.4, 0.5) is 11.4 Å². The van der Waals surface area contributed by atoms with E-state index in [1.54, 1.807) is 43.5 Å². The SMILES string of the molecule is CCN(CC(=O)Nc1ccc(OC)cc1)C(=O)c1ccc2c(c1)NC(=O)[C@H](C)S2. The Morgan fingerprint density at radius 1 is 1.21 bits per heavy atom. The Morgan fingerprint density at radius 2 is 1.93 bits per heavy atom. The van der Waals surface area contributed by atoms with E-state index < -0.39 is 0 Å². The third kappa shape index (κ3) is 4.89. The molecule has 0 aromatic heterocycles. The molecule has 0 radical (unpaired) electrons. The van der Waals surface area contributed by atoms with Gasteiger partial charge in [-0.25, -0.2) is 0 Å². The van der Waals surface area contributed by atoms with Crippen LogP contribution in [0.15, 0.2) is 47.4 Å². The minimum Gasteiger partial charge on any atom is -0.497 e. The van der Waals surface area contributed by atoms with Gasteiger partial charge in [-0.2, -0.15) is 0 Å². The maximum absolute atomic E-state index is 12.9. The number of hydrogen-bond donors (Lipinski definition) is 2. The van der Waals surface area contributed by atoms with Crippen molar-refractivity contribution in [3.05, 3.63) is 48.0 Å². The molecule has 152 valence electrons. The molecule has 29 heavy (non-hydrogen) atoms. The third-order valence-electron chi connectivity index (χ3n) is 4.53. The van der Waals surface area contributed by atoms with Gasteiger partial charge in [0.1, 0.15) is 12.3 Å². The van der Waals surface area contributed by atoms with Gasteiger partial charge in [-0.05, 0) is 56.3 Å². The maximum Gasteiger partial charge on any atom is 0.254 e. The van der Waals surface area contributed by atoms with Crippen molar-refractivity contribution in [1.29, 1.82) is 0 Å². The van der Waals surface area contributed by atoms with E-state index in [9.17, 15) is 14.4 Å². The number of carbonyl (C=O) groups excluding carboxylic acids is 3. The fourth-order valence-corrected chi connectivity index (χ4v) is 3.83. The van der Waals surface area contributed by atoms with E-state index in [4.69, 9.17) is 4.74 Å². The topological polar surface area (TPSA) is 87.7 Å². The fourth-order valence-electron chi connectivity index (χ4n) is 2.90. The molecular weight excluding hydrogens is 390 g/mol. The zero-order chi connectivity index (χ0) is 21.0. The summed E-state index contributed by atoms with van der Waals surface area (Å²) in [5.41, 5.74) is 1.68. The predicted molar refractivity (Wildman–Crippen MR) is 114 cm³/mol. The first-order valence-corrected chi connectivity index (χ1v) is 10.1. The molecule has 0 unspecified atom stereocenters. The van der Waals surface area contributed by atoms with Crippen LogP contribution in [-0.4, -0.2) is 48.1 Å². The molecule has 0 fully saturated rings. The highest BCUT2D eigenvalue weighted by molar-refractivity contribution is 8.00. The van der Waals surface area contributed by atoms with Gasteiger partial charge >= 0.3 is 0 Å². The summed E-state index contributed by atoms with van der Waals surface area (Å²) in [7, 11) is 1.57. The number of rotatable bonds is 6. The van der Waals surface area contributed by atoms with Gasteiger partial charge < -0.3 is 20.3 Å². The second kappa shape index (κ2) is 9.00. The first-order valence-electron chi connectivity index (χ1n) is 9.26. The molecule has 0 spiro atoms. The van der Waals surface area contributed by atoms with Crippen LogP contribution < -0.4 is 15.4 Å². The van der Waals surface area contributed by atoms with Gasteiger partial charge in [-0.1, -0.05) is 0 Å². The average molecular weight is 413 g/mol. The van der Waals surface area contributed by atoms with Gasteiger partial charge in [-0.15, -0.1) is 11.8 Å². The molecule has 1 atom stereocenters. The summed E-state index contributed by atoms with van der Waals surface area (Å²) in [4.78, 5) is 39.6. The summed E-state index contributed by atoms with van der Waals surface area (Å²) >= 11 is 1.46. The molecule has 2 N–H and O–H groups in total. The van der Waals surface area contributed by atoms with Crippen LogP contribution >= 0.6 is 11.8 Å². The lowest BCUT2D eigenvalue weighted by molar-refractivity contribution is -0.117. The Labute approximate surface area is 173 Å². The summed E-state index contributed by atoms with van der Waals surface area (Å²) in [6.45, 7) is 3.96. The summed E-state index contributed by atoms with van der Waals surface area (Å²) in [5.74, 6) is 0.0535. The van der Waals surface area contributed by atoms with Crippen LogP contribution in [0.1, 0.15) is 24.2 Å². The van der Waals surface area contributed by atoms with Gasteiger partial charge in [0.2, 0.25) is 11.8 Å². The van der Waals surface area contributed by atoms with E-state index in [1.807, 2.05) is 19.9 Å². The average Bonchev–Trinajstić information content (AvgIpc) is 2.72. The number of carbonyl (C=O) groups is 3. The van der Waals surface area contributed by atoms with Crippen molar-refractivity contribution in [2.45, 2.75) is 24.0 Å². The molecule has 7 nitrogen and oxygen atoms in total. The predicted octanol–water partition coefficient (Wildman–Crippen LogP) is 3.23. The lowest BCUT2D eigenvalue weighted by atomic mass is 10.1. The van der Waals surface area contributed by atoms with Gasteiger partial charge in [-0.3, -0.25) is 14.4 Å². The van der Waals surface area contributed by atoms with E-state index in [2.05, 4.69) is 10.6 Å². The largest absolute Gasteiger partial charge is 0.497 e. The smallest absolute Gasteiger partial charge is 0.254 e. The molecule has 0 bridgehead atoms. The number of methoxy groups -OCH3 is 1. The molecule has 1 aliphatic heterocycles. The number of anilines is 2. The zero-order valence-corrected chi connectivity index (χ0v) is 17.3. The monoisotopic (exact) mass is 413 g/mol. The summed E-state index contributed by atoms with van der Waals surface area (Å²) in [5, 5.41) is 5.43. The summed E-state index contributed by atoms with van der Waals surface area (Å²) in [6.07, 6.45) is 0. The van der Waals surface area contributed by atoms with Crippen molar-refractivity contribution in [1.82, 2.24) is 4.90 Å². The molecule has 3 rings (SSSR count). The molecule has 1 heterocycles. The number of ether oxygens (including phenoxy) is 1. The number of hydrogen-bond acceptors (Lipinski definition) is 5. The van der Waals surface area contributed by atoms with E-state index in [-0.39, 0.29) is 29.5 Å². The van der Waals surface area contributed by atoms with E-state index >= 15 is 0 Å². The highest BCUT2D eigenvalue weighted by Crippen LogP contribution is 2.36. The van der Waals surface area contributed by atoms with Crippen molar-refractivity contribution in [3.63, 3.8) is 0 Å². The molecule has 3 amide bonds. The first kappa shape index (κ1) is 20.7. The Hall–Kier alpha value is -3.00. The quantitative estimate of drug-likeness (QED) is 0.759. The van der Waals surface area contributed by atoms with Crippen molar-refractivity contribution < 1.29 is 19.1 Å². The Balaban J connectivity index is 1.67. The fraction of sp³-hybridized carbons (Fsp3) is 0.286. The second-order valence-corrected chi connectivity index (χ2v) is 7.94. The van der Waals surface area contributed by atoms with E-state index in [0.29, 0.717) is 29.2 Å². The number of thioether (sulfide) groups is 1. The van der Waals surface area contributed by atoms with Crippen LogP contribution in [0, 0.1) is 0 Å². The van der Waals surface area contributed by atoms with Crippen LogP contribution in [0.5, 0.6) is 5.75 Å². The van der Waals surface area contributed by atoms with Gasteiger partial charge in [0.05, 0.1) is 18.0 Å². The third-order valence-corrected chi connectivity index (χ3v) is 5.71. The van der Waals surface area contributed by atoms with Crippen molar-refractivity contribution in [3.8, 4) is 5.75 Å². The molecule has 0 saturated heterocycles. The Morgan fingerprint density at radius 3 is 2.59 bits per heavy atom. The number of nitrogens with one attached hydrogen (secondary N) is 2. The van der Waals surface area contributed by atoms with Gasteiger partial charge in [0, 0.05) is 22.7 Å². The zero-order valence-electron chi connectivity index (χ0n) is 16.5. The number of likely N-dealkylation sites (N-methyl/N-ethyl adjacent to an activating group) is 1. The summed E-state index contributed by atoms with van der Waals surface area (Å²) in [6, 6.07) is 12.2. The molecule has 2 aromatic rings. The molecule has 0 aliphatic carbocycles. The molecule has 2 aromatic carbocycles. The van der Waals surface area contributed by atoms with E-state index in [0.717, 1.165) is 4.90 Å². The Kier molecular flexibility index (Phi) is 6.43. The van der Waals surface area contributed by atoms with Crippen LogP contribution in [0.2, 0.25) is 0 Å². The highest BCUT2D eigenvalue weighted by Gasteiger charge is 2.25. The number of nitrogens with zero attached hydrogens (tertiary/aromatic N) is 1. The number of benzene rings is 2. The lowest BCUT2D eigenvalue weighted by Crippen LogP contribution is -2.38. The molecule has 1 aliphatic rings. The van der Waals surface area contributed by atoms with Crippen LogP contribution in [-0.2, 0) is 9.59 Å². The number of amides is 3.